The van der Waals surface area contributed by atoms with Crippen LogP contribution in [0, 0.1) is 0 Å². The molecule has 4 N–H and O–H groups in total. The van der Waals surface area contributed by atoms with Crippen molar-refractivity contribution >= 4 is 18.3 Å². The van der Waals surface area contributed by atoms with E-state index in [1.54, 1.807) is 20.8 Å². The van der Waals surface area contributed by atoms with Crippen molar-refractivity contribution in [2.75, 3.05) is 0 Å². The second kappa shape index (κ2) is 9.98. The van der Waals surface area contributed by atoms with Crippen molar-refractivity contribution in [3.63, 3.8) is 0 Å². The maximum absolute atomic E-state index is 13.0. The molecule has 24 heavy (non-hydrogen) atoms. The van der Waals surface area contributed by atoms with Gasteiger partial charge in [0.1, 0.15) is 11.3 Å². The van der Waals surface area contributed by atoms with Gasteiger partial charge in [-0.25, -0.2) is 0 Å². The summed E-state index contributed by atoms with van der Waals surface area (Å²) in [6, 6.07) is 0. The SMILES string of the molecule is C=NC(OC(N)(CC)CC)C(=O)C(CC)(CC)OC(N)C(=O)CC. The van der Waals surface area contributed by atoms with E-state index < -0.39 is 29.6 Å². The molecule has 0 aromatic heterocycles. The predicted octanol–water partition coefficient (Wildman–Crippen LogP) is 1.91. The number of carbonyl (C=O) groups is 2. The molecule has 0 radical (unpaired) electrons. The average Bonchev–Trinajstić information content (AvgIpc) is 2.62. The smallest absolute Gasteiger partial charge is 0.215 e. The van der Waals surface area contributed by atoms with Gasteiger partial charge in [-0.05, 0) is 32.4 Å². The number of ketones is 2. The lowest BCUT2D eigenvalue weighted by Gasteiger charge is -2.37. The molecular weight excluding hydrogens is 310 g/mol. The maximum Gasteiger partial charge on any atom is 0.215 e. The summed E-state index contributed by atoms with van der Waals surface area (Å²) in [6.45, 7) is 12.5. The molecule has 140 valence electrons. The average molecular weight is 343 g/mol. The first kappa shape index (κ1) is 22.9. The van der Waals surface area contributed by atoms with Crippen LogP contribution in [0.3, 0.4) is 0 Å². The van der Waals surface area contributed by atoms with Crippen molar-refractivity contribution in [1.82, 2.24) is 0 Å². The van der Waals surface area contributed by atoms with Gasteiger partial charge in [-0.1, -0.05) is 34.6 Å². The first-order valence-corrected chi connectivity index (χ1v) is 8.61. The number of carbonyl (C=O) groups excluding carboxylic acids is 2. The number of hydrogen-bond acceptors (Lipinski definition) is 7. The molecule has 0 aliphatic heterocycles. The van der Waals surface area contributed by atoms with Crippen LogP contribution in [0.1, 0.15) is 66.7 Å². The van der Waals surface area contributed by atoms with E-state index in [1.165, 1.54) is 0 Å². The summed E-state index contributed by atoms with van der Waals surface area (Å²) in [6.07, 6.45) is -0.402. The molecule has 7 heteroatoms. The Labute approximate surface area is 145 Å². The zero-order chi connectivity index (χ0) is 19.0. The summed E-state index contributed by atoms with van der Waals surface area (Å²) in [4.78, 5) is 28.6. The zero-order valence-corrected chi connectivity index (χ0v) is 15.6. The maximum atomic E-state index is 13.0. The third kappa shape index (κ3) is 5.44. The minimum atomic E-state index is -1.27. The van der Waals surface area contributed by atoms with Crippen LogP contribution in [0.2, 0.25) is 0 Å². The molecule has 0 amide bonds. The van der Waals surface area contributed by atoms with Crippen molar-refractivity contribution < 1.29 is 19.1 Å². The van der Waals surface area contributed by atoms with Gasteiger partial charge in [0.25, 0.3) is 0 Å². The number of Topliss-reactive ketones (excluding diaryl/α,β-unsaturated/α-hetero) is 2. The fourth-order valence-corrected chi connectivity index (χ4v) is 2.37. The molecule has 0 aliphatic rings. The second-order valence-corrected chi connectivity index (χ2v) is 5.85. The lowest BCUT2D eigenvalue weighted by Crippen LogP contribution is -2.55. The number of nitrogens with two attached hydrogens (primary N) is 2. The highest BCUT2D eigenvalue weighted by molar-refractivity contribution is 5.92. The molecule has 0 fully saturated rings. The van der Waals surface area contributed by atoms with Crippen molar-refractivity contribution in [3.8, 4) is 0 Å². The number of ether oxygens (including phenoxy) is 2. The van der Waals surface area contributed by atoms with E-state index >= 15 is 0 Å². The summed E-state index contributed by atoms with van der Waals surface area (Å²) in [5.41, 5.74) is 9.67. The number of aliphatic imine (C=N–C) groups is 1. The van der Waals surface area contributed by atoms with Gasteiger partial charge >= 0.3 is 0 Å². The summed E-state index contributed by atoms with van der Waals surface area (Å²) >= 11 is 0. The predicted molar refractivity (Wildman–Crippen MR) is 94.6 cm³/mol. The standard InChI is InChI=1S/C17H33N3O4/c1-7-12(21)14(18)23-16(8-2,9-3)13(22)15(20-6)24-17(19,10-4)11-5/h14-15H,6-11,18-19H2,1-5H3. The van der Waals surface area contributed by atoms with Gasteiger partial charge in [0, 0.05) is 6.42 Å². The highest BCUT2D eigenvalue weighted by atomic mass is 16.6. The molecule has 7 nitrogen and oxygen atoms in total. The summed E-state index contributed by atoms with van der Waals surface area (Å²) < 4.78 is 11.4. The molecule has 0 saturated carbocycles. The van der Waals surface area contributed by atoms with Crippen LogP contribution < -0.4 is 11.5 Å². The highest BCUT2D eigenvalue weighted by Gasteiger charge is 2.44. The van der Waals surface area contributed by atoms with E-state index in [4.69, 9.17) is 20.9 Å². The number of nitrogens with zero attached hydrogens (tertiary/aromatic N) is 1. The molecule has 0 aromatic rings. The first-order chi connectivity index (χ1) is 11.2. The number of hydrogen-bond donors (Lipinski definition) is 2. The normalized spacial score (nSPS) is 15.0. The Balaban J connectivity index is 5.50. The summed E-state index contributed by atoms with van der Waals surface area (Å²) in [7, 11) is 0. The van der Waals surface area contributed by atoms with E-state index in [0.717, 1.165) is 0 Å². The minimum absolute atomic E-state index is 0.232. The Hall–Kier alpha value is -1.15. The van der Waals surface area contributed by atoms with Crippen LogP contribution in [0.15, 0.2) is 4.99 Å². The van der Waals surface area contributed by atoms with E-state index in [2.05, 4.69) is 11.7 Å². The molecular formula is C17H33N3O4. The van der Waals surface area contributed by atoms with Crippen molar-refractivity contribution in [2.24, 2.45) is 16.5 Å². The first-order valence-electron chi connectivity index (χ1n) is 8.61. The zero-order valence-electron chi connectivity index (χ0n) is 15.6. The van der Waals surface area contributed by atoms with Gasteiger partial charge in [-0.2, -0.15) is 0 Å². The molecule has 0 heterocycles. The fourth-order valence-electron chi connectivity index (χ4n) is 2.37. The van der Waals surface area contributed by atoms with Crippen molar-refractivity contribution in [1.29, 1.82) is 0 Å². The van der Waals surface area contributed by atoms with Crippen LogP contribution in [0.5, 0.6) is 0 Å². The van der Waals surface area contributed by atoms with E-state index in [0.29, 0.717) is 25.7 Å². The van der Waals surface area contributed by atoms with Crippen LogP contribution in [0.25, 0.3) is 0 Å². The Morgan fingerprint density at radius 2 is 1.54 bits per heavy atom. The Morgan fingerprint density at radius 1 is 1.04 bits per heavy atom. The van der Waals surface area contributed by atoms with Gasteiger partial charge in [0.2, 0.25) is 12.0 Å². The molecule has 2 atom stereocenters. The van der Waals surface area contributed by atoms with Crippen LogP contribution >= 0.6 is 0 Å². The largest absolute Gasteiger partial charge is 0.342 e. The molecule has 0 spiro atoms. The van der Waals surface area contributed by atoms with E-state index in [1.807, 2.05) is 13.8 Å². The molecule has 0 saturated heterocycles. The van der Waals surface area contributed by atoms with Crippen molar-refractivity contribution in [3.05, 3.63) is 0 Å². The van der Waals surface area contributed by atoms with Gasteiger partial charge in [0.05, 0.1) is 0 Å². The molecule has 0 aliphatic carbocycles. The third-order valence-corrected chi connectivity index (χ3v) is 4.54. The van der Waals surface area contributed by atoms with E-state index in [-0.39, 0.29) is 12.2 Å². The molecule has 0 aromatic carbocycles. The number of rotatable bonds is 13. The quantitative estimate of drug-likeness (QED) is 0.390. The summed E-state index contributed by atoms with van der Waals surface area (Å²) in [5, 5.41) is 0. The van der Waals surface area contributed by atoms with Gasteiger partial charge in [-0.3, -0.25) is 20.3 Å². The van der Waals surface area contributed by atoms with Crippen molar-refractivity contribution in [2.45, 2.75) is 90.5 Å². The third-order valence-electron chi connectivity index (χ3n) is 4.54. The Morgan fingerprint density at radius 3 is 1.88 bits per heavy atom. The van der Waals surface area contributed by atoms with Gasteiger partial charge < -0.3 is 15.2 Å². The Bertz CT molecular complexity index is 432. The Kier molecular flexibility index (Phi) is 9.50. The monoisotopic (exact) mass is 343 g/mol. The van der Waals surface area contributed by atoms with Crippen LogP contribution in [-0.2, 0) is 19.1 Å². The lowest BCUT2D eigenvalue weighted by atomic mass is 9.90. The van der Waals surface area contributed by atoms with Gasteiger partial charge in [0.15, 0.2) is 12.0 Å². The summed E-state index contributed by atoms with van der Waals surface area (Å²) in [5.74, 6) is -0.688. The van der Waals surface area contributed by atoms with E-state index in [9.17, 15) is 9.59 Å². The topological polar surface area (TPSA) is 117 Å². The molecule has 0 bridgehead atoms. The second-order valence-electron chi connectivity index (χ2n) is 5.85. The fraction of sp³-hybridized carbons (Fsp3) is 0.824. The minimum Gasteiger partial charge on any atom is -0.342 e. The van der Waals surface area contributed by atoms with Gasteiger partial charge in [-0.15, -0.1) is 0 Å². The van der Waals surface area contributed by atoms with Crippen LogP contribution in [-0.4, -0.2) is 42.1 Å². The highest BCUT2D eigenvalue weighted by Crippen LogP contribution is 2.28. The molecule has 0 rings (SSSR count). The lowest BCUT2D eigenvalue weighted by molar-refractivity contribution is -0.179. The van der Waals surface area contributed by atoms with Crippen LogP contribution in [0.4, 0.5) is 0 Å². The molecule has 2 unspecified atom stereocenters.